The van der Waals surface area contributed by atoms with Crippen molar-refractivity contribution in [3.63, 3.8) is 0 Å². The lowest BCUT2D eigenvalue weighted by Crippen LogP contribution is -2.52. The number of unbranched alkanes of at least 4 members (excludes halogenated alkanes) is 2. The SMILES string of the molecule is Cc1c(N2CC3CN(CCCCCC(=O)O)CCN3C2=O)ccc(C#N)c1Cl. The van der Waals surface area contributed by atoms with Gasteiger partial charge < -0.3 is 10.0 Å². The minimum atomic E-state index is -0.739. The fraction of sp³-hybridized carbons (Fsp3) is 0.550. The Hall–Kier alpha value is -2.30. The van der Waals surface area contributed by atoms with Crippen LogP contribution < -0.4 is 4.90 Å². The maximum Gasteiger partial charge on any atom is 0.324 e. The van der Waals surface area contributed by atoms with Crippen LogP contribution in [0.15, 0.2) is 12.1 Å². The molecule has 0 radical (unpaired) electrons. The average molecular weight is 405 g/mol. The summed E-state index contributed by atoms with van der Waals surface area (Å²) in [4.78, 5) is 29.5. The van der Waals surface area contributed by atoms with E-state index in [0.717, 1.165) is 43.7 Å². The Kier molecular flexibility index (Phi) is 6.42. The molecule has 2 aliphatic heterocycles. The number of hydrogen-bond acceptors (Lipinski definition) is 4. The van der Waals surface area contributed by atoms with E-state index in [1.54, 1.807) is 17.0 Å². The van der Waals surface area contributed by atoms with E-state index in [0.29, 0.717) is 30.1 Å². The summed E-state index contributed by atoms with van der Waals surface area (Å²) in [5, 5.41) is 18.2. The molecule has 2 heterocycles. The molecule has 7 nitrogen and oxygen atoms in total. The lowest BCUT2D eigenvalue weighted by Gasteiger charge is -2.36. The average Bonchev–Trinajstić information content (AvgIpc) is 2.99. The first-order valence-corrected chi connectivity index (χ1v) is 10.0. The van der Waals surface area contributed by atoms with Gasteiger partial charge in [-0.25, -0.2) is 4.79 Å². The number of hydrogen-bond donors (Lipinski definition) is 1. The molecule has 2 aliphatic rings. The molecule has 28 heavy (non-hydrogen) atoms. The van der Waals surface area contributed by atoms with Crippen LogP contribution in [0.1, 0.15) is 36.8 Å². The van der Waals surface area contributed by atoms with Gasteiger partial charge in [-0.05, 0) is 44.0 Å². The summed E-state index contributed by atoms with van der Waals surface area (Å²) in [6.07, 6.45) is 2.82. The van der Waals surface area contributed by atoms with Crippen LogP contribution in [0, 0.1) is 18.3 Å². The van der Waals surface area contributed by atoms with E-state index in [1.807, 2.05) is 11.8 Å². The number of nitriles is 1. The van der Waals surface area contributed by atoms with Gasteiger partial charge in [0.25, 0.3) is 0 Å². The van der Waals surface area contributed by atoms with Gasteiger partial charge in [0.1, 0.15) is 6.07 Å². The number of benzene rings is 1. The number of halogens is 1. The van der Waals surface area contributed by atoms with Gasteiger partial charge in [0, 0.05) is 38.3 Å². The lowest BCUT2D eigenvalue weighted by atomic mass is 10.1. The van der Waals surface area contributed by atoms with Gasteiger partial charge in [-0.1, -0.05) is 18.0 Å². The van der Waals surface area contributed by atoms with E-state index >= 15 is 0 Å². The predicted octanol–water partition coefficient (Wildman–Crippen LogP) is 3.09. The van der Waals surface area contributed by atoms with Crippen molar-refractivity contribution in [2.45, 2.75) is 38.6 Å². The molecule has 8 heteroatoms. The molecule has 3 rings (SSSR count). The van der Waals surface area contributed by atoms with Gasteiger partial charge in [0.05, 0.1) is 16.6 Å². The summed E-state index contributed by atoms with van der Waals surface area (Å²) >= 11 is 6.28. The highest BCUT2D eigenvalue weighted by atomic mass is 35.5. The topological polar surface area (TPSA) is 87.9 Å². The van der Waals surface area contributed by atoms with Crippen molar-refractivity contribution in [3.8, 4) is 6.07 Å². The Labute approximate surface area is 170 Å². The Morgan fingerprint density at radius 3 is 2.79 bits per heavy atom. The summed E-state index contributed by atoms with van der Waals surface area (Å²) in [6, 6.07) is 5.67. The molecule has 0 aromatic heterocycles. The number of urea groups is 1. The number of fused-ring (bicyclic) bond motifs is 1. The minimum absolute atomic E-state index is 0.00465. The number of anilines is 1. The zero-order chi connectivity index (χ0) is 20.3. The summed E-state index contributed by atoms with van der Waals surface area (Å²) in [7, 11) is 0. The van der Waals surface area contributed by atoms with Crippen LogP contribution in [0.3, 0.4) is 0 Å². The third kappa shape index (κ3) is 4.23. The number of amides is 2. The van der Waals surface area contributed by atoms with Crippen LogP contribution in [-0.2, 0) is 4.79 Å². The molecule has 0 bridgehead atoms. The van der Waals surface area contributed by atoms with Gasteiger partial charge in [-0.3, -0.25) is 14.6 Å². The number of piperazine rings is 1. The second-order valence-electron chi connectivity index (χ2n) is 7.43. The number of carboxylic acids is 1. The minimum Gasteiger partial charge on any atom is -0.481 e. The van der Waals surface area contributed by atoms with Gasteiger partial charge in [-0.15, -0.1) is 0 Å². The van der Waals surface area contributed by atoms with Gasteiger partial charge in [0.2, 0.25) is 0 Å². The molecule has 1 N–H and O–H groups in total. The standard InChI is InChI=1S/C20H25ClN4O3/c1-14-17(7-6-15(11-22)19(14)21)25-13-16-12-23(9-10-24(16)20(25)28)8-4-2-3-5-18(26)27/h6-7,16H,2-5,8-10,12-13H2,1H3,(H,26,27). The number of rotatable bonds is 7. The number of carbonyl (C=O) groups is 2. The third-order valence-corrected chi connectivity index (χ3v) is 6.06. The van der Waals surface area contributed by atoms with Crippen LogP contribution >= 0.6 is 11.6 Å². The lowest BCUT2D eigenvalue weighted by molar-refractivity contribution is -0.137. The third-order valence-electron chi connectivity index (χ3n) is 5.57. The highest BCUT2D eigenvalue weighted by Gasteiger charge is 2.41. The van der Waals surface area contributed by atoms with Gasteiger partial charge in [0.15, 0.2) is 0 Å². The normalized spacial score (nSPS) is 19.6. The quantitative estimate of drug-likeness (QED) is 0.705. The second kappa shape index (κ2) is 8.80. The Balaban J connectivity index is 1.59. The van der Waals surface area contributed by atoms with E-state index in [4.69, 9.17) is 22.0 Å². The zero-order valence-corrected chi connectivity index (χ0v) is 16.8. The summed E-state index contributed by atoms with van der Waals surface area (Å²) in [5.41, 5.74) is 1.94. The van der Waals surface area contributed by atoms with Crippen LogP contribution in [-0.4, -0.2) is 65.7 Å². The first-order chi connectivity index (χ1) is 13.4. The highest BCUT2D eigenvalue weighted by molar-refractivity contribution is 6.33. The summed E-state index contributed by atoms with van der Waals surface area (Å²) < 4.78 is 0. The zero-order valence-electron chi connectivity index (χ0n) is 16.0. The number of nitrogens with zero attached hydrogens (tertiary/aromatic N) is 4. The van der Waals surface area contributed by atoms with Crippen LogP contribution in [0.25, 0.3) is 0 Å². The van der Waals surface area contributed by atoms with Crippen LogP contribution in [0.4, 0.5) is 10.5 Å². The number of carboxylic acid groups (broad SMARTS) is 1. The monoisotopic (exact) mass is 404 g/mol. The van der Waals surface area contributed by atoms with Crippen molar-refractivity contribution in [3.05, 3.63) is 28.3 Å². The fourth-order valence-electron chi connectivity index (χ4n) is 4.02. The van der Waals surface area contributed by atoms with E-state index in [1.165, 1.54) is 0 Å². The molecule has 1 unspecified atom stereocenters. The smallest absolute Gasteiger partial charge is 0.324 e. The first kappa shape index (κ1) is 20.4. The van der Waals surface area contributed by atoms with Crippen LogP contribution in [0.5, 0.6) is 0 Å². The highest BCUT2D eigenvalue weighted by Crippen LogP contribution is 2.33. The molecule has 1 aromatic carbocycles. The van der Waals surface area contributed by atoms with E-state index in [-0.39, 0.29) is 18.5 Å². The maximum absolute atomic E-state index is 12.9. The molecule has 1 atom stereocenters. The van der Waals surface area contributed by atoms with Crippen molar-refractivity contribution in [2.24, 2.45) is 0 Å². The van der Waals surface area contributed by atoms with Crippen molar-refractivity contribution in [1.29, 1.82) is 5.26 Å². The van der Waals surface area contributed by atoms with Gasteiger partial charge >= 0.3 is 12.0 Å². The first-order valence-electron chi connectivity index (χ1n) is 9.64. The molecule has 0 aliphatic carbocycles. The fourth-order valence-corrected chi connectivity index (χ4v) is 4.22. The van der Waals surface area contributed by atoms with Crippen molar-refractivity contribution in [1.82, 2.24) is 9.80 Å². The Morgan fingerprint density at radius 1 is 1.29 bits per heavy atom. The van der Waals surface area contributed by atoms with E-state index in [9.17, 15) is 9.59 Å². The second-order valence-corrected chi connectivity index (χ2v) is 7.81. The molecule has 0 spiro atoms. The summed E-state index contributed by atoms with van der Waals surface area (Å²) in [5.74, 6) is -0.739. The van der Waals surface area contributed by atoms with Crippen LogP contribution in [0.2, 0.25) is 5.02 Å². The molecule has 150 valence electrons. The molecule has 1 aromatic rings. The maximum atomic E-state index is 12.9. The number of carbonyl (C=O) groups excluding carboxylic acids is 1. The Morgan fingerprint density at radius 2 is 2.07 bits per heavy atom. The Bertz CT molecular complexity index is 807. The molecule has 2 amide bonds. The van der Waals surface area contributed by atoms with Gasteiger partial charge in [-0.2, -0.15) is 5.26 Å². The van der Waals surface area contributed by atoms with Crippen molar-refractivity contribution < 1.29 is 14.7 Å². The molecule has 2 saturated heterocycles. The van der Waals surface area contributed by atoms with Crippen molar-refractivity contribution in [2.75, 3.05) is 37.6 Å². The van der Waals surface area contributed by atoms with E-state index < -0.39 is 5.97 Å². The molecular weight excluding hydrogens is 380 g/mol. The molecule has 2 fully saturated rings. The predicted molar refractivity (Wildman–Crippen MR) is 107 cm³/mol. The van der Waals surface area contributed by atoms with Crippen molar-refractivity contribution >= 4 is 29.3 Å². The largest absolute Gasteiger partial charge is 0.481 e. The van der Waals surface area contributed by atoms with E-state index in [2.05, 4.69) is 11.0 Å². The molecule has 0 saturated carbocycles. The number of aliphatic carboxylic acids is 1. The molecular formula is C20H25ClN4O3. The summed E-state index contributed by atoms with van der Waals surface area (Å²) in [6.45, 7) is 5.73.